The van der Waals surface area contributed by atoms with Gasteiger partial charge in [-0.15, -0.1) is 0 Å². The molecule has 1 atom stereocenters. The number of benzene rings is 2. The lowest BCUT2D eigenvalue weighted by molar-refractivity contribution is 0.547. The minimum atomic E-state index is -0.447. The van der Waals surface area contributed by atoms with Gasteiger partial charge in [0.1, 0.15) is 16.7 Å². The van der Waals surface area contributed by atoms with E-state index in [9.17, 15) is 8.78 Å². The fraction of sp³-hybridized carbons (Fsp3) is 0.316. The topological polar surface area (TPSA) is 12.4 Å². The molecule has 1 nitrogen and oxygen atoms in total. The molecule has 1 aliphatic rings. The Hall–Kier alpha value is -1.68. The van der Waals surface area contributed by atoms with Gasteiger partial charge in [-0.2, -0.15) is 0 Å². The third-order valence-electron chi connectivity index (χ3n) is 4.37. The largest absolute Gasteiger partial charge is 0.281 e. The first-order valence-electron chi connectivity index (χ1n) is 7.73. The summed E-state index contributed by atoms with van der Waals surface area (Å²) in [5.74, 6) is -0.885. The van der Waals surface area contributed by atoms with Gasteiger partial charge >= 0.3 is 0 Å². The number of fused-ring (bicyclic) bond motifs is 1. The van der Waals surface area contributed by atoms with Gasteiger partial charge in [-0.25, -0.2) is 8.78 Å². The Morgan fingerprint density at radius 2 is 1.96 bits per heavy atom. The number of rotatable bonds is 2. The molecule has 0 heterocycles. The number of nitrogens with zero attached hydrogens (tertiary/aromatic N) is 1. The van der Waals surface area contributed by atoms with E-state index < -0.39 is 11.6 Å². The van der Waals surface area contributed by atoms with Crippen LogP contribution in [0.2, 0.25) is 0 Å². The van der Waals surface area contributed by atoms with E-state index in [-0.39, 0.29) is 10.3 Å². The second kappa shape index (κ2) is 6.44. The van der Waals surface area contributed by atoms with E-state index in [2.05, 4.69) is 30.1 Å². The molecular formula is C19H19F2NS. The fourth-order valence-corrected chi connectivity index (χ4v) is 4.55. The van der Waals surface area contributed by atoms with Gasteiger partial charge in [0.05, 0.1) is 0 Å². The van der Waals surface area contributed by atoms with Crippen LogP contribution < -0.4 is 0 Å². The Bertz CT molecular complexity index is 757. The van der Waals surface area contributed by atoms with Crippen molar-refractivity contribution in [3.05, 3.63) is 70.8 Å². The van der Waals surface area contributed by atoms with Crippen LogP contribution in [0.3, 0.4) is 0 Å². The van der Waals surface area contributed by atoms with Crippen molar-refractivity contribution in [1.82, 2.24) is 0 Å². The Morgan fingerprint density at radius 1 is 1.17 bits per heavy atom. The van der Waals surface area contributed by atoms with Crippen LogP contribution in [0.25, 0.3) is 0 Å². The Labute approximate surface area is 139 Å². The monoisotopic (exact) mass is 331 g/mol. The zero-order chi connectivity index (χ0) is 16.4. The summed E-state index contributed by atoms with van der Waals surface area (Å²) in [5.41, 5.74) is 2.85. The maximum absolute atomic E-state index is 14.1. The molecule has 4 heteroatoms. The Balaban J connectivity index is 1.98. The van der Waals surface area contributed by atoms with Gasteiger partial charge in [0.25, 0.3) is 0 Å². The summed E-state index contributed by atoms with van der Waals surface area (Å²) in [5, 5.41) is 0.543. The average molecular weight is 331 g/mol. The van der Waals surface area contributed by atoms with Crippen molar-refractivity contribution in [2.24, 2.45) is 4.99 Å². The first-order chi connectivity index (χ1) is 11.0. The SMILES string of the molecule is CN=C(SC1(C)CCCc2ccccc21)c1cc(F)ccc1F. The quantitative estimate of drug-likeness (QED) is 0.535. The molecule has 3 rings (SSSR count). The standard InChI is InChI=1S/C19H19F2NS/c1-19(11-5-7-13-6-3-4-8-16(13)19)23-18(22-2)15-12-14(20)9-10-17(15)21/h3-4,6,8-10,12H,5,7,11H2,1-2H3. The maximum Gasteiger partial charge on any atom is 0.133 e. The van der Waals surface area contributed by atoms with Gasteiger partial charge in [0.15, 0.2) is 0 Å². The summed E-state index contributed by atoms with van der Waals surface area (Å²) >= 11 is 1.53. The van der Waals surface area contributed by atoms with Crippen LogP contribution in [0.15, 0.2) is 47.5 Å². The molecule has 0 N–H and O–H groups in total. The highest BCUT2D eigenvalue weighted by Gasteiger charge is 2.34. The predicted octanol–water partition coefficient (Wildman–Crippen LogP) is 5.33. The molecule has 0 amide bonds. The number of thioether (sulfide) groups is 1. The van der Waals surface area contributed by atoms with Crippen molar-refractivity contribution in [3.8, 4) is 0 Å². The molecule has 0 saturated heterocycles. The van der Waals surface area contributed by atoms with Crippen LogP contribution in [-0.4, -0.2) is 12.1 Å². The van der Waals surface area contributed by atoms with Crippen LogP contribution in [0, 0.1) is 11.6 Å². The van der Waals surface area contributed by atoms with Gasteiger partial charge in [0.2, 0.25) is 0 Å². The maximum atomic E-state index is 14.1. The van der Waals surface area contributed by atoms with Crippen LogP contribution in [0.4, 0.5) is 8.78 Å². The van der Waals surface area contributed by atoms with Gasteiger partial charge in [-0.05, 0) is 55.5 Å². The molecule has 1 aliphatic carbocycles. The lowest BCUT2D eigenvalue weighted by Crippen LogP contribution is -2.26. The number of hydrogen-bond acceptors (Lipinski definition) is 2. The van der Waals surface area contributed by atoms with E-state index in [1.807, 2.05) is 6.07 Å². The van der Waals surface area contributed by atoms with Gasteiger partial charge in [-0.3, -0.25) is 4.99 Å². The second-order valence-corrected chi connectivity index (χ2v) is 7.49. The fourth-order valence-electron chi connectivity index (χ4n) is 3.21. The molecule has 0 aromatic heterocycles. The van der Waals surface area contributed by atoms with E-state index in [0.29, 0.717) is 5.04 Å². The third kappa shape index (κ3) is 3.18. The van der Waals surface area contributed by atoms with E-state index in [4.69, 9.17) is 0 Å². The van der Waals surface area contributed by atoms with E-state index >= 15 is 0 Å². The van der Waals surface area contributed by atoms with Crippen LogP contribution in [0.1, 0.15) is 36.5 Å². The molecule has 0 saturated carbocycles. The van der Waals surface area contributed by atoms with Gasteiger partial charge < -0.3 is 0 Å². The summed E-state index contributed by atoms with van der Waals surface area (Å²) in [4.78, 5) is 4.25. The van der Waals surface area contributed by atoms with Crippen LogP contribution >= 0.6 is 11.8 Å². The highest BCUT2D eigenvalue weighted by molar-refractivity contribution is 8.15. The van der Waals surface area contributed by atoms with Crippen molar-refractivity contribution in [3.63, 3.8) is 0 Å². The van der Waals surface area contributed by atoms with Crippen LogP contribution in [0.5, 0.6) is 0 Å². The highest BCUT2D eigenvalue weighted by Crippen LogP contribution is 2.47. The summed E-state index contributed by atoms with van der Waals surface area (Å²) < 4.78 is 27.5. The third-order valence-corrected chi connectivity index (χ3v) is 5.84. The zero-order valence-electron chi connectivity index (χ0n) is 13.3. The molecule has 2 aromatic carbocycles. The van der Waals surface area contributed by atoms with Gasteiger partial charge in [-0.1, -0.05) is 36.0 Å². The minimum absolute atomic E-state index is 0.178. The van der Waals surface area contributed by atoms with E-state index in [1.165, 1.54) is 29.0 Å². The molecule has 0 bridgehead atoms. The molecule has 120 valence electrons. The van der Waals surface area contributed by atoms with Crippen LogP contribution in [-0.2, 0) is 11.2 Å². The van der Waals surface area contributed by atoms with Crippen molar-refractivity contribution in [2.45, 2.75) is 30.9 Å². The molecule has 23 heavy (non-hydrogen) atoms. The normalized spacial score (nSPS) is 21.1. The molecular weight excluding hydrogens is 312 g/mol. The zero-order valence-corrected chi connectivity index (χ0v) is 14.1. The predicted molar refractivity (Wildman–Crippen MR) is 93.1 cm³/mol. The molecule has 0 fully saturated rings. The summed E-state index contributed by atoms with van der Waals surface area (Å²) in [6.45, 7) is 2.16. The number of halogens is 2. The van der Waals surface area contributed by atoms with Crippen molar-refractivity contribution in [1.29, 1.82) is 0 Å². The van der Waals surface area contributed by atoms with Gasteiger partial charge in [0, 0.05) is 17.4 Å². The summed E-state index contributed by atoms with van der Waals surface area (Å²) in [7, 11) is 1.63. The minimum Gasteiger partial charge on any atom is -0.281 e. The van der Waals surface area contributed by atoms with Crippen molar-refractivity contribution in [2.75, 3.05) is 7.05 Å². The lowest BCUT2D eigenvalue weighted by atomic mass is 9.83. The molecule has 0 radical (unpaired) electrons. The Morgan fingerprint density at radius 3 is 2.74 bits per heavy atom. The number of aryl methyl sites for hydroxylation is 1. The smallest absolute Gasteiger partial charge is 0.133 e. The molecule has 1 unspecified atom stereocenters. The van der Waals surface area contributed by atoms with E-state index in [1.54, 1.807) is 7.05 Å². The van der Waals surface area contributed by atoms with Crippen molar-refractivity contribution >= 4 is 16.8 Å². The molecule has 2 aromatic rings. The molecule has 0 spiro atoms. The summed E-state index contributed by atoms with van der Waals surface area (Å²) in [6.07, 6.45) is 3.15. The number of aliphatic imine (C=N–C) groups is 1. The molecule has 0 aliphatic heterocycles. The first-order valence-corrected chi connectivity index (χ1v) is 8.55. The first kappa shape index (κ1) is 16.2. The average Bonchev–Trinajstić information content (AvgIpc) is 2.56. The Kier molecular flexibility index (Phi) is 4.53. The lowest BCUT2D eigenvalue weighted by Gasteiger charge is -2.35. The second-order valence-electron chi connectivity index (χ2n) is 6.00. The van der Waals surface area contributed by atoms with Crippen molar-refractivity contribution < 1.29 is 8.78 Å². The number of hydrogen-bond donors (Lipinski definition) is 0. The highest BCUT2D eigenvalue weighted by atomic mass is 32.2. The van der Waals surface area contributed by atoms with E-state index in [0.717, 1.165) is 31.4 Å². The summed E-state index contributed by atoms with van der Waals surface area (Å²) in [6, 6.07) is 11.9.